The van der Waals surface area contributed by atoms with Gasteiger partial charge in [0.1, 0.15) is 0 Å². The van der Waals surface area contributed by atoms with E-state index in [4.69, 9.17) is 4.74 Å². The molecule has 0 spiro atoms. The van der Waals surface area contributed by atoms with Gasteiger partial charge in [0.15, 0.2) is 0 Å². The molecule has 2 nitrogen and oxygen atoms in total. The lowest BCUT2D eigenvalue weighted by Crippen LogP contribution is -2.23. The highest BCUT2D eigenvalue weighted by molar-refractivity contribution is 5.14. The van der Waals surface area contributed by atoms with Crippen LogP contribution in [-0.4, -0.2) is 25.8 Å². The van der Waals surface area contributed by atoms with E-state index in [9.17, 15) is 0 Å². The largest absolute Gasteiger partial charge is 0.381 e. The summed E-state index contributed by atoms with van der Waals surface area (Å²) in [4.78, 5) is 0. The van der Waals surface area contributed by atoms with E-state index >= 15 is 0 Å². The molecule has 0 aliphatic rings. The van der Waals surface area contributed by atoms with Crippen molar-refractivity contribution in [2.24, 2.45) is 0 Å². The van der Waals surface area contributed by atoms with Crippen molar-refractivity contribution in [1.82, 2.24) is 5.32 Å². The molecule has 1 aromatic carbocycles. The molecule has 0 unspecified atom stereocenters. The molecule has 1 rings (SSSR count). The van der Waals surface area contributed by atoms with Crippen LogP contribution >= 0.6 is 0 Å². The number of nitrogens with one attached hydrogen (secondary N) is 1. The molecule has 0 fully saturated rings. The number of unbranched alkanes of at least 4 members (excludes halogenated alkanes) is 1. The zero-order chi connectivity index (χ0) is 12.3. The van der Waals surface area contributed by atoms with Gasteiger partial charge >= 0.3 is 0 Å². The normalized spacial score (nSPS) is 11.0. The van der Waals surface area contributed by atoms with Gasteiger partial charge in [0.05, 0.1) is 6.61 Å². The molecule has 17 heavy (non-hydrogen) atoms. The third-order valence-electron chi connectivity index (χ3n) is 2.65. The summed E-state index contributed by atoms with van der Waals surface area (Å²) in [6.45, 7) is 7.17. The van der Waals surface area contributed by atoms with Crippen molar-refractivity contribution < 1.29 is 4.74 Å². The molecule has 0 aromatic heterocycles. The van der Waals surface area contributed by atoms with Gasteiger partial charge in [-0.3, -0.25) is 0 Å². The average Bonchev–Trinajstić information content (AvgIpc) is 2.33. The Balaban J connectivity index is 1.88. The lowest BCUT2D eigenvalue weighted by molar-refractivity contribution is 0.133. The summed E-state index contributed by atoms with van der Waals surface area (Å²) in [7, 11) is 0. The first-order valence-electron chi connectivity index (χ1n) is 6.64. The first kappa shape index (κ1) is 14.2. The fourth-order valence-electron chi connectivity index (χ4n) is 1.66. The van der Waals surface area contributed by atoms with Gasteiger partial charge in [0.25, 0.3) is 0 Å². The Morgan fingerprint density at radius 1 is 1.06 bits per heavy atom. The molecular formula is C15H25NO. The van der Waals surface area contributed by atoms with E-state index in [0.717, 1.165) is 32.6 Å². The molecule has 0 heterocycles. The molecule has 0 aliphatic carbocycles. The SMILES string of the molecule is CC(C)NCCCCOCCc1ccccc1. The molecule has 1 N–H and O–H groups in total. The molecule has 0 atom stereocenters. The second kappa shape index (κ2) is 9.20. The van der Waals surface area contributed by atoms with E-state index in [0.29, 0.717) is 6.04 Å². The van der Waals surface area contributed by atoms with Gasteiger partial charge in [-0.2, -0.15) is 0 Å². The average molecular weight is 235 g/mol. The van der Waals surface area contributed by atoms with E-state index in [1.54, 1.807) is 0 Å². The van der Waals surface area contributed by atoms with Crippen molar-refractivity contribution in [2.45, 2.75) is 39.2 Å². The molecule has 0 amide bonds. The molecule has 0 radical (unpaired) electrons. The smallest absolute Gasteiger partial charge is 0.0506 e. The highest BCUT2D eigenvalue weighted by Crippen LogP contribution is 2.00. The number of hydrogen-bond acceptors (Lipinski definition) is 2. The summed E-state index contributed by atoms with van der Waals surface area (Å²) >= 11 is 0. The van der Waals surface area contributed by atoms with Crippen molar-refractivity contribution in [3.05, 3.63) is 35.9 Å². The summed E-state index contributed by atoms with van der Waals surface area (Å²) < 4.78 is 5.62. The Morgan fingerprint density at radius 3 is 2.53 bits per heavy atom. The van der Waals surface area contributed by atoms with Gasteiger partial charge < -0.3 is 10.1 Å². The van der Waals surface area contributed by atoms with Crippen LogP contribution in [0.4, 0.5) is 0 Å². The number of ether oxygens (including phenoxy) is 1. The number of benzene rings is 1. The Kier molecular flexibility index (Phi) is 7.69. The van der Waals surface area contributed by atoms with Crippen molar-refractivity contribution in [3.8, 4) is 0 Å². The minimum Gasteiger partial charge on any atom is -0.381 e. The lowest BCUT2D eigenvalue weighted by Gasteiger charge is -2.08. The fraction of sp³-hybridized carbons (Fsp3) is 0.600. The van der Waals surface area contributed by atoms with Gasteiger partial charge in [0.2, 0.25) is 0 Å². The lowest BCUT2D eigenvalue weighted by atomic mass is 10.2. The van der Waals surface area contributed by atoms with E-state index in [1.165, 1.54) is 12.0 Å². The summed E-state index contributed by atoms with van der Waals surface area (Å²) in [5.74, 6) is 0. The van der Waals surface area contributed by atoms with Crippen molar-refractivity contribution in [2.75, 3.05) is 19.8 Å². The predicted octanol–water partition coefficient (Wildman–Crippen LogP) is 3.02. The highest BCUT2D eigenvalue weighted by Gasteiger charge is 1.94. The van der Waals surface area contributed by atoms with Crippen LogP contribution in [0.25, 0.3) is 0 Å². The summed E-state index contributed by atoms with van der Waals surface area (Å²) in [5, 5.41) is 3.41. The summed E-state index contributed by atoms with van der Waals surface area (Å²) in [6.07, 6.45) is 3.36. The predicted molar refractivity (Wildman–Crippen MR) is 73.3 cm³/mol. The molecule has 0 bridgehead atoms. The van der Waals surface area contributed by atoms with Crippen molar-refractivity contribution in [3.63, 3.8) is 0 Å². The highest BCUT2D eigenvalue weighted by atomic mass is 16.5. The van der Waals surface area contributed by atoms with Crippen LogP contribution in [0.15, 0.2) is 30.3 Å². The van der Waals surface area contributed by atoms with Gasteiger partial charge in [-0.05, 0) is 31.4 Å². The first-order chi connectivity index (χ1) is 8.29. The van der Waals surface area contributed by atoms with Crippen LogP contribution in [0.5, 0.6) is 0 Å². The van der Waals surface area contributed by atoms with Gasteiger partial charge in [-0.1, -0.05) is 44.2 Å². The fourth-order valence-corrected chi connectivity index (χ4v) is 1.66. The molecule has 0 saturated heterocycles. The second-order valence-corrected chi connectivity index (χ2v) is 4.66. The Hall–Kier alpha value is -0.860. The van der Waals surface area contributed by atoms with Crippen LogP contribution in [0, 0.1) is 0 Å². The van der Waals surface area contributed by atoms with Crippen LogP contribution in [0.2, 0.25) is 0 Å². The van der Waals surface area contributed by atoms with Crippen LogP contribution in [0.3, 0.4) is 0 Å². The van der Waals surface area contributed by atoms with Crippen LogP contribution in [-0.2, 0) is 11.2 Å². The molecule has 2 heteroatoms. The Morgan fingerprint density at radius 2 is 1.82 bits per heavy atom. The monoisotopic (exact) mass is 235 g/mol. The Labute approximate surface area is 105 Å². The van der Waals surface area contributed by atoms with Crippen molar-refractivity contribution in [1.29, 1.82) is 0 Å². The standard InChI is InChI=1S/C15H25NO/c1-14(2)16-11-6-7-12-17-13-10-15-8-4-3-5-9-15/h3-5,8-9,14,16H,6-7,10-13H2,1-2H3. The Bertz CT molecular complexity index is 272. The zero-order valence-corrected chi connectivity index (χ0v) is 11.1. The molecule has 1 aromatic rings. The van der Waals surface area contributed by atoms with Crippen LogP contribution in [0.1, 0.15) is 32.3 Å². The third kappa shape index (κ3) is 7.94. The summed E-state index contributed by atoms with van der Waals surface area (Å²) in [5.41, 5.74) is 1.36. The van der Waals surface area contributed by atoms with Gasteiger partial charge in [-0.15, -0.1) is 0 Å². The van der Waals surface area contributed by atoms with Crippen molar-refractivity contribution >= 4 is 0 Å². The minimum atomic E-state index is 0.592. The maximum Gasteiger partial charge on any atom is 0.0506 e. The zero-order valence-electron chi connectivity index (χ0n) is 11.1. The second-order valence-electron chi connectivity index (χ2n) is 4.66. The molecule has 0 aliphatic heterocycles. The molecule has 96 valence electrons. The van der Waals surface area contributed by atoms with E-state index in [1.807, 2.05) is 6.07 Å². The first-order valence-corrected chi connectivity index (χ1v) is 6.64. The van der Waals surface area contributed by atoms with E-state index < -0.39 is 0 Å². The van der Waals surface area contributed by atoms with Crippen LogP contribution < -0.4 is 5.32 Å². The number of rotatable bonds is 9. The maximum absolute atomic E-state index is 5.62. The maximum atomic E-state index is 5.62. The third-order valence-corrected chi connectivity index (χ3v) is 2.65. The van der Waals surface area contributed by atoms with E-state index in [-0.39, 0.29) is 0 Å². The van der Waals surface area contributed by atoms with E-state index in [2.05, 4.69) is 43.4 Å². The van der Waals surface area contributed by atoms with Gasteiger partial charge in [-0.25, -0.2) is 0 Å². The number of hydrogen-bond donors (Lipinski definition) is 1. The molecular weight excluding hydrogens is 210 g/mol. The van der Waals surface area contributed by atoms with Gasteiger partial charge in [0, 0.05) is 12.6 Å². The quantitative estimate of drug-likeness (QED) is 0.664. The summed E-state index contributed by atoms with van der Waals surface area (Å²) in [6, 6.07) is 11.1. The minimum absolute atomic E-state index is 0.592. The topological polar surface area (TPSA) is 21.3 Å². The molecule has 0 saturated carbocycles.